The van der Waals surface area contributed by atoms with Gasteiger partial charge in [0.1, 0.15) is 0 Å². The zero-order chi connectivity index (χ0) is 15.2. The van der Waals surface area contributed by atoms with E-state index in [0.29, 0.717) is 5.56 Å². The average molecular weight is 363 g/mol. The van der Waals surface area contributed by atoms with Crippen molar-refractivity contribution in [2.75, 3.05) is 5.32 Å². The lowest BCUT2D eigenvalue weighted by molar-refractivity contribution is 0.0977. The molecule has 21 heavy (non-hydrogen) atoms. The van der Waals surface area contributed by atoms with Crippen molar-refractivity contribution in [3.63, 3.8) is 0 Å². The van der Waals surface area contributed by atoms with Gasteiger partial charge in [0.25, 0.3) is 5.91 Å². The van der Waals surface area contributed by atoms with E-state index in [2.05, 4.69) is 33.5 Å². The molecule has 0 atom stereocenters. The van der Waals surface area contributed by atoms with Crippen molar-refractivity contribution in [1.29, 1.82) is 0 Å². The minimum Gasteiger partial charge on any atom is -0.332 e. The van der Waals surface area contributed by atoms with Crippen molar-refractivity contribution in [2.45, 2.75) is 13.3 Å². The zero-order valence-electron chi connectivity index (χ0n) is 11.5. The number of aryl methyl sites for hydroxylation is 1. The Morgan fingerprint density at radius 2 is 1.81 bits per heavy atom. The third kappa shape index (κ3) is 4.37. The monoisotopic (exact) mass is 362 g/mol. The highest BCUT2D eigenvalue weighted by Crippen LogP contribution is 2.15. The zero-order valence-corrected chi connectivity index (χ0v) is 13.9. The quantitative estimate of drug-likeness (QED) is 0.806. The van der Waals surface area contributed by atoms with Gasteiger partial charge in [-0.3, -0.25) is 10.1 Å². The van der Waals surface area contributed by atoms with Crippen molar-refractivity contribution >= 4 is 44.9 Å². The van der Waals surface area contributed by atoms with Crippen LogP contribution in [-0.2, 0) is 6.42 Å². The lowest BCUT2D eigenvalue weighted by atomic mass is 10.1. The fourth-order valence-electron chi connectivity index (χ4n) is 1.80. The molecule has 2 rings (SSSR count). The summed E-state index contributed by atoms with van der Waals surface area (Å²) in [5, 5.41) is 5.94. The molecule has 0 aliphatic carbocycles. The number of anilines is 1. The lowest BCUT2D eigenvalue weighted by Gasteiger charge is -2.10. The van der Waals surface area contributed by atoms with Crippen LogP contribution in [-0.4, -0.2) is 11.0 Å². The molecule has 0 aliphatic heterocycles. The van der Waals surface area contributed by atoms with E-state index in [0.717, 1.165) is 16.6 Å². The molecule has 0 unspecified atom stereocenters. The van der Waals surface area contributed by atoms with Crippen LogP contribution < -0.4 is 10.6 Å². The van der Waals surface area contributed by atoms with Gasteiger partial charge in [-0.05, 0) is 64.4 Å². The van der Waals surface area contributed by atoms with E-state index in [1.807, 2.05) is 36.4 Å². The van der Waals surface area contributed by atoms with Crippen molar-refractivity contribution in [1.82, 2.24) is 5.32 Å². The van der Waals surface area contributed by atoms with E-state index >= 15 is 0 Å². The molecule has 0 radical (unpaired) electrons. The molecule has 2 aromatic rings. The largest absolute Gasteiger partial charge is 0.332 e. The molecule has 0 bridgehead atoms. The van der Waals surface area contributed by atoms with Gasteiger partial charge in [0.15, 0.2) is 5.11 Å². The maximum absolute atomic E-state index is 12.1. The molecule has 0 saturated heterocycles. The topological polar surface area (TPSA) is 41.1 Å². The molecule has 2 aromatic carbocycles. The summed E-state index contributed by atoms with van der Waals surface area (Å²) in [6.45, 7) is 2.10. The van der Waals surface area contributed by atoms with Crippen LogP contribution in [0.1, 0.15) is 22.8 Å². The third-order valence-corrected chi connectivity index (χ3v) is 3.86. The van der Waals surface area contributed by atoms with Gasteiger partial charge in [0, 0.05) is 10.2 Å². The van der Waals surface area contributed by atoms with Gasteiger partial charge in [-0.1, -0.05) is 31.2 Å². The van der Waals surface area contributed by atoms with Crippen LogP contribution in [0.2, 0.25) is 0 Å². The average Bonchev–Trinajstić information content (AvgIpc) is 2.48. The molecule has 0 aliphatic rings. The lowest BCUT2D eigenvalue weighted by Crippen LogP contribution is -2.34. The maximum atomic E-state index is 12.1. The SMILES string of the molecule is CCc1ccc(NC(=S)NC(=O)c2ccccc2Br)cc1. The van der Waals surface area contributed by atoms with Crippen molar-refractivity contribution in [2.24, 2.45) is 0 Å². The molecule has 0 saturated carbocycles. The summed E-state index contributed by atoms with van der Waals surface area (Å²) >= 11 is 8.50. The maximum Gasteiger partial charge on any atom is 0.258 e. The van der Waals surface area contributed by atoms with E-state index in [4.69, 9.17) is 12.2 Å². The van der Waals surface area contributed by atoms with Crippen LogP contribution in [0.15, 0.2) is 53.0 Å². The van der Waals surface area contributed by atoms with E-state index in [1.54, 1.807) is 12.1 Å². The number of carbonyl (C=O) groups is 1. The van der Waals surface area contributed by atoms with Crippen LogP contribution in [0.4, 0.5) is 5.69 Å². The highest BCUT2D eigenvalue weighted by molar-refractivity contribution is 9.10. The summed E-state index contributed by atoms with van der Waals surface area (Å²) in [7, 11) is 0. The van der Waals surface area contributed by atoms with Crippen LogP contribution in [0.25, 0.3) is 0 Å². The summed E-state index contributed by atoms with van der Waals surface area (Å²) in [4.78, 5) is 12.1. The second kappa shape index (κ2) is 7.33. The Kier molecular flexibility index (Phi) is 5.47. The fourth-order valence-corrected chi connectivity index (χ4v) is 2.48. The number of carbonyl (C=O) groups excluding carboxylic acids is 1. The van der Waals surface area contributed by atoms with Gasteiger partial charge < -0.3 is 5.32 Å². The fraction of sp³-hybridized carbons (Fsp3) is 0.125. The molecule has 108 valence electrons. The molecule has 0 heterocycles. The van der Waals surface area contributed by atoms with Crippen LogP contribution in [0, 0.1) is 0 Å². The first-order valence-electron chi connectivity index (χ1n) is 6.56. The van der Waals surface area contributed by atoms with Gasteiger partial charge in [-0.2, -0.15) is 0 Å². The van der Waals surface area contributed by atoms with E-state index in [1.165, 1.54) is 5.56 Å². The minimum atomic E-state index is -0.245. The van der Waals surface area contributed by atoms with Crippen molar-refractivity contribution < 1.29 is 4.79 Å². The molecule has 3 nitrogen and oxygen atoms in total. The summed E-state index contributed by atoms with van der Waals surface area (Å²) in [6, 6.07) is 15.1. The number of hydrogen-bond acceptors (Lipinski definition) is 2. The first-order valence-corrected chi connectivity index (χ1v) is 7.76. The van der Waals surface area contributed by atoms with Crippen LogP contribution in [0.5, 0.6) is 0 Å². The number of hydrogen-bond donors (Lipinski definition) is 2. The van der Waals surface area contributed by atoms with Gasteiger partial charge in [0.05, 0.1) is 5.56 Å². The predicted molar refractivity (Wildman–Crippen MR) is 93.6 cm³/mol. The smallest absolute Gasteiger partial charge is 0.258 e. The van der Waals surface area contributed by atoms with Crippen molar-refractivity contribution in [3.8, 4) is 0 Å². The van der Waals surface area contributed by atoms with E-state index in [9.17, 15) is 4.79 Å². The van der Waals surface area contributed by atoms with Gasteiger partial charge in [-0.15, -0.1) is 0 Å². The summed E-state index contributed by atoms with van der Waals surface area (Å²) < 4.78 is 0.734. The van der Waals surface area contributed by atoms with Gasteiger partial charge in [0.2, 0.25) is 0 Å². The number of nitrogens with one attached hydrogen (secondary N) is 2. The second-order valence-corrected chi connectivity index (χ2v) is 5.70. The number of halogens is 1. The summed E-state index contributed by atoms with van der Waals surface area (Å²) in [5.41, 5.74) is 2.65. The highest BCUT2D eigenvalue weighted by atomic mass is 79.9. The first-order chi connectivity index (χ1) is 10.1. The Morgan fingerprint density at radius 3 is 2.43 bits per heavy atom. The van der Waals surface area contributed by atoms with Crippen molar-refractivity contribution in [3.05, 3.63) is 64.1 Å². The first kappa shape index (κ1) is 15.7. The second-order valence-electron chi connectivity index (χ2n) is 4.44. The summed E-state index contributed by atoms with van der Waals surface area (Å²) in [5.74, 6) is -0.245. The molecule has 2 N–H and O–H groups in total. The number of amides is 1. The Bertz CT molecular complexity index is 656. The molecular weight excluding hydrogens is 348 g/mol. The number of thiocarbonyl (C=S) groups is 1. The van der Waals surface area contributed by atoms with Crippen LogP contribution in [0.3, 0.4) is 0 Å². The molecule has 0 spiro atoms. The Labute approximate surface area is 137 Å². The van der Waals surface area contributed by atoms with E-state index in [-0.39, 0.29) is 11.0 Å². The Morgan fingerprint density at radius 1 is 1.14 bits per heavy atom. The van der Waals surface area contributed by atoms with Gasteiger partial charge >= 0.3 is 0 Å². The highest BCUT2D eigenvalue weighted by Gasteiger charge is 2.10. The number of benzene rings is 2. The molecule has 5 heteroatoms. The minimum absolute atomic E-state index is 0.245. The summed E-state index contributed by atoms with van der Waals surface area (Å²) in [6.07, 6.45) is 0.990. The number of rotatable bonds is 3. The molecule has 0 fully saturated rings. The van der Waals surface area contributed by atoms with E-state index < -0.39 is 0 Å². The molecular formula is C16H15BrN2OS. The third-order valence-electron chi connectivity index (χ3n) is 2.97. The molecule has 1 amide bonds. The molecule has 0 aromatic heterocycles. The Hall–Kier alpha value is -1.72. The van der Waals surface area contributed by atoms with Gasteiger partial charge in [-0.25, -0.2) is 0 Å². The normalized spacial score (nSPS) is 10.0. The standard InChI is InChI=1S/C16H15BrN2OS/c1-2-11-7-9-12(10-8-11)18-16(21)19-15(20)13-5-3-4-6-14(13)17/h3-10H,2H2,1H3,(H2,18,19,20,21). The van der Waals surface area contributed by atoms with Crippen LogP contribution >= 0.6 is 28.1 Å². The predicted octanol–water partition coefficient (Wildman–Crippen LogP) is 4.14. The Balaban J connectivity index is 1.98.